The third kappa shape index (κ3) is 2.48. The van der Waals surface area contributed by atoms with Gasteiger partial charge in [0.15, 0.2) is 0 Å². The molecule has 1 fully saturated rings. The first-order valence-corrected chi connectivity index (χ1v) is 5.25. The van der Waals surface area contributed by atoms with Crippen LogP contribution in [-0.2, 0) is 0 Å². The number of ether oxygens (including phenoxy) is 1. The number of rotatable bonds is 3. The molecule has 3 heteroatoms. The maximum Gasteiger partial charge on any atom is 0.137 e. The molecule has 1 aliphatic rings. The second kappa shape index (κ2) is 4.81. The Balaban J connectivity index is 1.95. The molecule has 1 N–H and O–H groups in total. The molecule has 0 bridgehead atoms. The van der Waals surface area contributed by atoms with Crippen molar-refractivity contribution in [2.45, 2.75) is 18.9 Å². The molecule has 1 aromatic carbocycles. The second-order valence-corrected chi connectivity index (χ2v) is 3.71. The van der Waals surface area contributed by atoms with E-state index in [1.807, 2.05) is 18.2 Å². The van der Waals surface area contributed by atoms with Crippen LogP contribution in [0.1, 0.15) is 18.4 Å². The summed E-state index contributed by atoms with van der Waals surface area (Å²) in [6.45, 7) is 1.73. The molecule has 15 heavy (non-hydrogen) atoms. The smallest absolute Gasteiger partial charge is 0.137 e. The van der Waals surface area contributed by atoms with E-state index in [-0.39, 0.29) is 0 Å². The lowest BCUT2D eigenvalue weighted by atomic mass is 10.2. The zero-order chi connectivity index (χ0) is 10.5. The van der Waals surface area contributed by atoms with Crippen LogP contribution in [0.15, 0.2) is 24.3 Å². The molecular weight excluding hydrogens is 188 g/mol. The predicted octanol–water partition coefficient (Wildman–Crippen LogP) is 1.69. The van der Waals surface area contributed by atoms with Crippen molar-refractivity contribution >= 4 is 0 Å². The molecule has 1 aromatic rings. The molecular formula is C12H14N2O. The van der Waals surface area contributed by atoms with Crippen LogP contribution in [0.2, 0.25) is 0 Å². The summed E-state index contributed by atoms with van der Waals surface area (Å²) in [5, 5.41) is 12.2. The van der Waals surface area contributed by atoms with Gasteiger partial charge in [-0.3, -0.25) is 0 Å². The van der Waals surface area contributed by atoms with Crippen LogP contribution in [-0.4, -0.2) is 19.2 Å². The van der Waals surface area contributed by atoms with Gasteiger partial charge in [0.25, 0.3) is 0 Å². The highest BCUT2D eigenvalue weighted by atomic mass is 16.5. The van der Waals surface area contributed by atoms with Crippen LogP contribution in [0.5, 0.6) is 5.75 Å². The molecule has 0 aliphatic carbocycles. The molecule has 0 unspecified atom stereocenters. The van der Waals surface area contributed by atoms with Crippen molar-refractivity contribution in [1.82, 2.24) is 5.32 Å². The van der Waals surface area contributed by atoms with Crippen molar-refractivity contribution in [3.05, 3.63) is 29.8 Å². The Kier molecular flexibility index (Phi) is 3.21. The van der Waals surface area contributed by atoms with E-state index in [0.717, 1.165) is 13.0 Å². The third-order valence-corrected chi connectivity index (χ3v) is 2.61. The highest BCUT2D eigenvalue weighted by Gasteiger charge is 2.14. The highest BCUT2D eigenvalue weighted by Crippen LogP contribution is 2.17. The Bertz CT molecular complexity index is 364. The fourth-order valence-electron chi connectivity index (χ4n) is 1.77. The Morgan fingerprint density at radius 1 is 1.47 bits per heavy atom. The van der Waals surface area contributed by atoms with E-state index >= 15 is 0 Å². The number of hydrogen-bond donors (Lipinski definition) is 1. The number of hydrogen-bond acceptors (Lipinski definition) is 3. The summed E-state index contributed by atoms with van der Waals surface area (Å²) in [5.41, 5.74) is 0.607. The fourth-order valence-corrected chi connectivity index (χ4v) is 1.77. The van der Waals surface area contributed by atoms with Gasteiger partial charge in [-0.1, -0.05) is 12.1 Å². The van der Waals surface area contributed by atoms with Crippen LogP contribution in [0.4, 0.5) is 0 Å². The van der Waals surface area contributed by atoms with Gasteiger partial charge in [0.1, 0.15) is 18.4 Å². The van der Waals surface area contributed by atoms with Crippen molar-refractivity contribution < 1.29 is 4.74 Å². The van der Waals surface area contributed by atoms with E-state index in [2.05, 4.69) is 11.4 Å². The summed E-state index contributed by atoms with van der Waals surface area (Å²) in [6, 6.07) is 9.92. The molecule has 1 heterocycles. The summed E-state index contributed by atoms with van der Waals surface area (Å²) < 4.78 is 5.63. The second-order valence-electron chi connectivity index (χ2n) is 3.71. The summed E-state index contributed by atoms with van der Waals surface area (Å²) >= 11 is 0. The first-order valence-electron chi connectivity index (χ1n) is 5.25. The molecule has 0 saturated carbocycles. The van der Waals surface area contributed by atoms with E-state index in [1.165, 1.54) is 6.42 Å². The molecule has 1 aliphatic heterocycles. The van der Waals surface area contributed by atoms with Crippen LogP contribution in [0.25, 0.3) is 0 Å². The average molecular weight is 202 g/mol. The lowest BCUT2D eigenvalue weighted by molar-refractivity contribution is 0.276. The van der Waals surface area contributed by atoms with Crippen LogP contribution >= 0.6 is 0 Å². The van der Waals surface area contributed by atoms with Gasteiger partial charge in [-0.05, 0) is 31.5 Å². The van der Waals surface area contributed by atoms with Gasteiger partial charge in [-0.25, -0.2) is 0 Å². The van der Waals surface area contributed by atoms with Gasteiger partial charge in [0.2, 0.25) is 0 Å². The molecule has 0 spiro atoms. The Hall–Kier alpha value is -1.53. The van der Waals surface area contributed by atoms with Gasteiger partial charge >= 0.3 is 0 Å². The lowest BCUT2D eigenvalue weighted by Crippen LogP contribution is -2.28. The quantitative estimate of drug-likeness (QED) is 0.811. The number of nitrogens with one attached hydrogen (secondary N) is 1. The minimum Gasteiger partial charge on any atom is -0.491 e. The molecule has 1 saturated heterocycles. The minimum absolute atomic E-state index is 0.441. The zero-order valence-corrected chi connectivity index (χ0v) is 8.57. The summed E-state index contributed by atoms with van der Waals surface area (Å²) in [7, 11) is 0. The molecule has 0 radical (unpaired) electrons. The SMILES string of the molecule is N#Cc1ccccc1OC[C@H]1CCCN1. The van der Waals surface area contributed by atoms with Crippen molar-refractivity contribution in [2.75, 3.05) is 13.2 Å². The Morgan fingerprint density at radius 2 is 2.33 bits per heavy atom. The van der Waals surface area contributed by atoms with E-state index in [9.17, 15) is 0 Å². The maximum atomic E-state index is 8.86. The number of nitrogens with zero attached hydrogens (tertiary/aromatic N) is 1. The number of nitriles is 1. The summed E-state index contributed by atoms with van der Waals surface area (Å²) in [4.78, 5) is 0. The zero-order valence-electron chi connectivity index (χ0n) is 8.57. The van der Waals surface area contributed by atoms with Gasteiger partial charge in [-0.15, -0.1) is 0 Å². The molecule has 0 aromatic heterocycles. The summed E-state index contributed by atoms with van der Waals surface area (Å²) in [6.07, 6.45) is 2.38. The normalized spacial score (nSPS) is 19.8. The number of para-hydroxylation sites is 1. The van der Waals surface area contributed by atoms with Crippen LogP contribution < -0.4 is 10.1 Å². The fraction of sp³-hybridized carbons (Fsp3) is 0.417. The maximum absolute atomic E-state index is 8.86. The molecule has 2 rings (SSSR count). The van der Waals surface area contributed by atoms with E-state index < -0.39 is 0 Å². The first kappa shape index (κ1) is 10.0. The Labute approximate surface area is 89.7 Å². The van der Waals surface area contributed by atoms with Crippen LogP contribution in [0, 0.1) is 11.3 Å². The van der Waals surface area contributed by atoms with Crippen LogP contribution in [0.3, 0.4) is 0 Å². The molecule has 0 amide bonds. The first-order chi connectivity index (χ1) is 7.40. The average Bonchev–Trinajstić information content (AvgIpc) is 2.79. The van der Waals surface area contributed by atoms with Gasteiger partial charge in [0.05, 0.1) is 5.56 Å². The molecule has 1 atom stereocenters. The third-order valence-electron chi connectivity index (χ3n) is 2.61. The van der Waals surface area contributed by atoms with Crippen molar-refractivity contribution in [1.29, 1.82) is 5.26 Å². The Morgan fingerprint density at radius 3 is 3.07 bits per heavy atom. The largest absolute Gasteiger partial charge is 0.491 e. The van der Waals surface area contributed by atoms with E-state index in [4.69, 9.17) is 10.00 Å². The van der Waals surface area contributed by atoms with Crippen molar-refractivity contribution in [2.24, 2.45) is 0 Å². The van der Waals surface area contributed by atoms with Crippen molar-refractivity contribution in [3.8, 4) is 11.8 Å². The lowest BCUT2D eigenvalue weighted by Gasteiger charge is -2.12. The van der Waals surface area contributed by atoms with Gasteiger partial charge in [-0.2, -0.15) is 5.26 Å². The van der Waals surface area contributed by atoms with Gasteiger partial charge in [0, 0.05) is 6.04 Å². The standard InChI is InChI=1S/C12H14N2O/c13-8-10-4-1-2-6-12(10)15-9-11-5-3-7-14-11/h1-2,4,6,11,14H,3,5,7,9H2/t11-/m1/s1. The minimum atomic E-state index is 0.441. The molecule has 78 valence electrons. The monoisotopic (exact) mass is 202 g/mol. The number of benzene rings is 1. The topological polar surface area (TPSA) is 45.0 Å². The predicted molar refractivity (Wildman–Crippen MR) is 57.7 cm³/mol. The van der Waals surface area contributed by atoms with Gasteiger partial charge < -0.3 is 10.1 Å². The van der Waals surface area contributed by atoms with Crippen molar-refractivity contribution in [3.63, 3.8) is 0 Å². The summed E-state index contributed by atoms with van der Waals surface area (Å²) in [5.74, 6) is 0.689. The molecule has 3 nitrogen and oxygen atoms in total. The van der Waals surface area contributed by atoms with E-state index in [1.54, 1.807) is 6.07 Å². The highest BCUT2D eigenvalue weighted by molar-refractivity contribution is 5.42. The van der Waals surface area contributed by atoms with E-state index in [0.29, 0.717) is 24.0 Å².